The number of fused-ring (bicyclic) bond motifs is 6. The number of nitrogens with zero attached hydrogens (tertiary/aromatic N) is 2. The second-order valence-corrected chi connectivity index (χ2v) is 12.3. The van der Waals surface area contributed by atoms with Crippen molar-refractivity contribution in [1.29, 1.82) is 0 Å². The van der Waals surface area contributed by atoms with Crippen molar-refractivity contribution in [1.82, 2.24) is 0 Å². The Balaban J connectivity index is 0.000000815. The molecule has 2 aromatic rings. The number of hydrogen-bond acceptors (Lipinski definition) is 3. The highest BCUT2D eigenvalue weighted by Gasteiger charge is 2.48. The van der Waals surface area contributed by atoms with Crippen molar-refractivity contribution in [2.45, 2.75) is 113 Å². The minimum atomic E-state index is -0.0459. The lowest BCUT2D eigenvalue weighted by atomic mass is 9.75. The smallest absolute Gasteiger partial charge is 0.133 e. The van der Waals surface area contributed by atoms with Gasteiger partial charge in [-0.15, -0.1) is 0 Å². The summed E-state index contributed by atoms with van der Waals surface area (Å²) in [5.41, 5.74) is 8.31. The fourth-order valence-corrected chi connectivity index (χ4v) is 6.53. The topological polar surface area (TPSA) is 27.6 Å². The zero-order valence-corrected chi connectivity index (χ0v) is 24.4. The first-order chi connectivity index (χ1) is 16.4. The van der Waals surface area contributed by atoms with Crippen LogP contribution in [-0.2, 0) is 10.8 Å². The number of benzene rings is 2. The Morgan fingerprint density at radius 2 is 1.63 bits per heavy atom. The standard InChI is InChI=1S/C28H37N3.2C2H6/c1-17(2)15-28(8)16-27(6,7)19-14-23-22(13-20(19)28)29-24-18-11-9-10-12-21(18)30-25(31(23)24)26(3,4)5;2*1-2/h9-14,17,24,29H,15-16H2,1-8H3;2*1-2H3. The quantitative estimate of drug-likeness (QED) is 0.468. The van der Waals surface area contributed by atoms with E-state index in [0.717, 1.165) is 11.5 Å². The zero-order valence-electron chi connectivity index (χ0n) is 24.4. The van der Waals surface area contributed by atoms with Crippen molar-refractivity contribution in [3.05, 3.63) is 53.1 Å². The number of rotatable bonds is 2. The van der Waals surface area contributed by atoms with E-state index >= 15 is 0 Å². The van der Waals surface area contributed by atoms with Gasteiger partial charge in [-0.2, -0.15) is 0 Å². The number of aliphatic imine (C=N–C) groups is 1. The first kappa shape index (κ1) is 27.3. The highest BCUT2D eigenvalue weighted by molar-refractivity contribution is 6.09. The van der Waals surface area contributed by atoms with Gasteiger partial charge < -0.3 is 10.2 Å². The first-order valence-electron chi connectivity index (χ1n) is 13.8. The molecule has 2 heterocycles. The third kappa shape index (κ3) is 4.63. The summed E-state index contributed by atoms with van der Waals surface area (Å²) in [5.74, 6) is 1.83. The fourth-order valence-electron chi connectivity index (χ4n) is 6.53. The maximum Gasteiger partial charge on any atom is 0.133 e. The van der Waals surface area contributed by atoms with E-state index in [1.165, 1.54) is 35.3 Å². The molecule has 3 heteroatoms. The summed E-state index contributed by atoms with van der Waals surface area (Å²) >= 11 is 0. The van der Waals surface area contributed by atoms with Gasteiger partial charge in [0.25, 0.3) is 0 Å². The van der Waals surface area contributed by atoms with Crippen molar-refractivity contribution in [2.75, 3.05) is 10.2 Å². The molecule has 0 spiro atoms. The maximum absolute atomic E-state index is 5.16. The number of nitrogens with one attached hydrogen (secondary N) is 1. The maximum atomic E-state index is 5.16. The van der Waals surface area contributed by atoms with Crippen LogP contribution in [0.3, 0.4) is 0 Å². The van der Waals surface area contributed by atoms with Crippen LogP contribution in [0, 0.1) is 11.3 Å². The van der Waals surface area contributed by atoms with Gasteiger partial charge in [0.05, 0.1) is 17.1 Å². The molecule has 5 rings (SSSR count). The summed E-state index contributed by atoms with van der Waals surface area (Å²) < 4.78 is 0. The molecule has 1 aliphatic carbocycles. The van der Waals surface area contributed by atoms with E-state index in [4.69, 9.17) is 4.99 Å². The van der Waals surface area contributed by atoms with Crippen LogP contribution in [0.15, 0.2) is 41.4 Å². The Morgan fingerprint density at radius 3 is 2.23 bits per heavy atom. The van der Waals surface area contributed by atoms with E-state index in [0.29, 0.717) is 5.92 Å². The SMILES string of the molecule is CC.CC.CC(C)CC1(C)CC(C)(C)c2cc3c(cc21)NC1c2ccccc2N=C(C(C)(C)C)N31. The average molecular weight is 476 g/mol. The van der Waals surface area contributed by atoms with E-state index in [1.807, 2.05) is 27.7 Å². The highest BCUT2D eigenvalue weighted by atomic mass is 15.4. The molecule has 0 fully saturated rings. The minimum Gasteiger partial charge on any atom is -0.359 e. The molecule has 3 aliphatic rings. The Kier molecular flexibility index (Phi) is 7.52. The normalized spacial score (nSPS) is 22.9. The molecule has 0 radical (unpaired) electrons. The van der Waals surface area contributed by atoms with Crippen LogP contribution in [0.2, 0.25) is 0 Å². The molecule has 0 amide bonds. The minimum absolute atomic E-state index is 0.0459. The molecule has 1 N–H and O–H groups in total. The number of anilines is 2. The van der Waals surface area contributed by atoms with E-state index in [-0.39, 0.29) is 22.4 Å². The second kappa shape index (κ2) is 9.64. The van der Waals surface area contributed by atoms with Gasteiger partial charge in [-0.05, 0) is 58.9 Å². The molecule has 0 saturated heterocycles. The van der Waals surface area contributed by atoms with Crippen LogP contribution >= 0.6 is 0 Å². The average Bonchev–Trinajstić information content (AvgIpc) is 3.26. The van der Waals surface area contributed by atoms with Crippen molar-refractivity contribution >= 4 is 22.9 Å². The lowest BCUT2D eigenvalue weighted by molar-refractivity contribution is 0.317. The van der Waals surface area contributed by atoms with Gasteiger partial charge in [0.2, 0.25) is 0 Å². The molecule has 2 atom stereocenters. The monoisotopic (exact) mass is 475 g/mol. The van der Waals surface area contributed by atoms with Crippen molar-refractivity contribution < 1.29 is 0 Å². The highest BCUT2D eigenvalue weighted by Crippen LogP contribution is 2.57. The third-order valence-electron chi connectivity index (χ3n) is 7.37. The molecule has 2 aromatic carbocycles. The van der Waals surface area contributed by atoms with Crippen LogP contribution in [-0.4, -0.2) is 5.84 Å². The van der Waals surface area contributed by atoms with Crippen LogP contribution in [0.25, 0.3) is 0 Å². The molecule has 0 aromatic heterocycles. The summed E-state index contributed by atoms with van der Waals surface area (Å²) in [5, 5.41) is 3.89. The summed E-state index contributed by atoms with van der Waals surface area (Å²) in [6.45, 7) is 26.8. The molecule has 0 saturated carbocycles. The van der Waals surface area contributed by atoms with Crippen LogP contribution in [0.1, 0.15) is 119 Å². The lowest BCUT2D eigenvalue weighted by Crippen LogP contribution is -2.43. The van der Waals surface area contributed by atoms with Gasteiger partial charge in [0.1, 0.15) is 12.0 Å². The van der Waals surface area contributed by atoms with Crippen molar-refractivity contribution in [3.63, 3.8) is 0 Å². The zero-order chi connectivity index (χ0) is 26.3. The van der Waals surface area contributed by atoms with Crippen LogP contribution < -0.4 is 10.2 Å². The molecular weight excluding hydrogens is 426 g/mol. The first-order valence-corrected chi connectivity index (χ1v) is 13.8. The van der Waals surface area contributed by atoms with E-state index < -0.39 is 0 Å². The van der Waals surface area contributed by atoms with E-state index in [1.54, 1.807) is 5.56 Å². The largest absolute Gasteiger partial charge is 0.359 e. The molecule has 2 aliphatic heterocycles. The second-order valence-electron chi connectivity index (χ2n) is 12.3. The van der Waals surface area contributed by atoms with Crippen LogP contribution in [0.4, 0.5) is 17.1 Å². The van der Waals surface area contributed by atoms with E-state index in [9.17, 15) is 0 Å². The van der Waals surface area contributed by atoms with Crippen molar-refractivity contribution in [2.24, 2.45) is 16.3 Å². The Hall–Kier alpha value is -2.29. The molecule has 2 unspecified atom stereocenters. The summed E-state index contributed by atoms with van der Waals surface area (Å²) in [7, 11) is 0. The molecular formula is C32H49N3. The predicted molar refractivity (Wildman–Crippen MR) is 155 cm³/mol. The summed E-state index contributed by atoms with van der Waals surface area (Å²) in [4.78, 5) is 7.62. The molecule has 35 heavy (non-hydrogen) atoms. The van der Waals surface area contributed by atoms with E-state index in [2.05, 4.69) is 102 Å². The summed E-state index contributed by atoms with van der Waals surface area (Å²) in [6, 6.07) is 13.5. The number of amidine groups is 1. The fraction of sp³-hybridized carbons (Fsp3) is 0.594. The predicted octanol–water partition coefficient (Wildman–Crippen LogP) is 9.74. The molecule has 192 valence electrons. The molecule has 3 nitrogen and oxygen atoms in total. The number of para-hydroxylation sites is 1. The number of hydrogen-bond donors (Lipinski definition) is 1. The van der Waals surface area contributed by atoms with Gasteiger partial charge in [0, 0.05) is 11.0 Å². The van der Waals surface area contributed by atoms with Gasteiger partial charge in [-0.25, -0.2) is 4.99 Å². The summed E-state index contributed by atoms with van der Waals surface area (Å²) in [6.07, 6.45) is 2.55. The van der Waals surface area contributed by atoms with Gasteiger partial charge in [-0.1, -0.05) is 101 Å². The van der Waals surface area contributed by atoms with Crippen molar-refractivity contribution in [3.8, 4) is 0 Å². The Bertz CT molecular complexity index is 1090. The van der Waals surface area contributed by atoms with Gasteiger partial charge in [0.15, 0.2) is 0 Å². The van der Waals surface area contributed by atoms with Gasteiger partial charge in [-0.3, -0.25) is 0 Å². The lowest BCUT2D eigenvalue weighted by Gasteiger charge is -2.38. The third-order valence-corrected chi connectivity index (χ3v) is 7.37. The van der Waals surface area contributed by atoms with Crippen LogP contribution in [0.5, 0.6) is 0 Å². The molecule has 0 bridgehead atoms. The van der Waals surface area contributed by atoms with Gasteiger partial charge >= 0.3 is 0 Å². The Labute approximate surface area is 215 Å². The Morgan fingerprint density at radius 1 is 1.00 bits per heavy atom.